The van der Waals surface area contributed by atoms with E-state index < -0.39 is 10.0 Å². The monoisotopic (exact) mass is 425 g/mol. The van der Waals surface area contributed by atoms with Gasteiger partial charge in [0.1, 0.15) is 0 Å². The Balaban J connectivity index is 1.34. The van der Waals surface area contributed by atoms with Gasteiger partial charge in [0.15, 0.2) is 0 Å². The van der Waals surface area contributed by atoms with Crippen molar-refractivity contribution in [2.75, 3.05) is 13.1 Å². The van der Waals surface area contributed by atoms with Gasteiger partial charge in [0.05, 0.1) is 15.9 Å². The van der Waals surface area contributed by atoms with Crippen molar-refractivity contribution < 1.29 is 8.42 Å². The number of sulfonamides is 1. The highest BCUT2D eigenvalue weighted by Crippen LogP contribution is 2.18. The summed E-state index contributed by atoms with van der Waals surface area (Å²) >= 11 is 0. The van der Waals surface area contributed by atoms with E-state index in [-0.39, 0.29) is 16.6 Å². The van der Waals surface area contributed by atoms with E-state index in [1.165, 1.54) is 0 Å². The van der Waals surface area contributed by atoms with E-state index in [1.807, 2.05) is 24.3 Å². The van der Waals surface area contributed by atoms with Gasteiger partial charge < -0.3 is 10.3 Å². The number of aromatic amines is 1. The summed E-state index contributed by atoms with van der Waals surface area (Å²) in [5.41, 5.74) is 1.50. The number of hydrogen-bond acceptors (Lipinski definition) is 5. The molecule has 156 valence electrons. The number of H-pyrrole nitrogens is 1. The summed E-state index contributed by atoms with van der Waals surface area (Å²) < 4.78 is 29.7. The number of para-hydroxylation sites is 2. The van der Waals surface area contributed by atoms with E-state index in [1.54, 1.807) is 48.1 Å². The fraction of sp³-hybridized carbons (Fsp3) is 0.238. The predicted octanol–water partition coefficient (Wildman–Crippen LogP) is 1.83. The first-order valence-electron chi connectivity index (χ1n) is 9.68. The molecule has 0 saturated heterocycles. The Hall–Kier alpha value is -3.01. The highest BCUT2D eigenvalue weighted by atomic mass is 32.2. The minimum Gasteiger partial charge on any atom is -0.313 e. The molecule has 3 N–H and O–H groups in total. The molecular formula is C21H23N5O3S. The third kappa shape index (κ3) is 4.28. The minimum absolute atomic E-state index is 0.154. The quantitative estimate of drug-likeness (QED) is 0.373. The van der Waals surface area contributed by atoms with Crippen molar-refractivity contribution in [3.63, 3.8) is 0 Å². The van der Waals surface area contributed by atoms with Crippen LogP contribution in [0.3, 0.4) is 0 Å². The molecule has 0 fully saturated rings. The number of pyridine rings is 1. The molecule has 0 aliphatic heterocycles. The van der Waals surface area contributed by atoms with E-state index in [0.29, 0.717) is 19.6 Å². The van der Waals surface area contributed by atoms with Crippen LogP contribution in [0.4, 0.5) is 0 Å². The van der Waals surface area contributed by atoms with Crippen molar-refractivity contribution in [2.45, 2.75) is 24.4 Å². The molecule has 4 rings (SSSR count). The van der Waals surface area contributed by atoms with Gasteiger partial charge in [-0.25, -0.2) is 17.9 Å². The zero-order valence-corrected chi connectivity index (χ0v) is 17.3. The van der Waals surface area contributed by atoms with Gasteiger partial charge in [-0.15, -0.1) is 0 Å². The fourth-order valence-electron chi connectivity index (χ4n) is 3.44. The lowest BCUT2D eigenvalue weighted by molar-refractivity contribution is 0.522. The van der Waals surface area contributed by atoms with Crippen LogP contribution in [0, 0.1) is 0 Å². The molecule has 0 saturated carbocycles. The lowest BCUT2D eigenvalue weighted by Crippen LogP contribution is -2.40. The summed E-state index contributed by atoms with van der Waals surface area (Å²) in [6.07, 6.45) is 3.34. The summed E-state index contributed by atoms with van der Waals surface area (Å²) in [4.78, 5) is 19.2. The summed E-state index contributed by atoms with van der Waals surface area (Å²) in [7, 11) is -3.64. The van der Waals surface area contributed by atoms with Crippen molar-refractivity contribution in [1.82, 2.24) is 24.6 Å². The molecule has 0 spiro atoms. The average molecular weight is 426 g/mol. The van der Waals surface area contributed by atoms with Crippen molar-refractivity contribution in [2.24, 2.45) is 0 Å². The smallest absolute Gasteiger partial charge is 0.313 e. The highest BCUT2D eigenvalue weighted by molar-refractivity contribution is 7.89. The van der Waals surface area contributed by atoms with Crippen molar-refractivity contribution in [3.8, 4) is 0 Å². The van der Waals surface area contributed by atoms with Crippen LogP contribution < -0.4 is 15.7 Å². The van der Waals surface area contributed by atoms with Gasteiger partial charge in [0.2, 0.25) is 10.0 Å². The van der Waals surface area contributed by atoms with Crippen LogP contribution in [-0.2, 0) is 16.6 Å². The van der Waals surface area contributed by atoms with Gasteiger partial charge in [0.25, 0.3) is 0 Å². The summed E-state index contributed by atoms with van der Waals surface area (Å²) in [6.45, 7) is 3.26. The maximum atomic E-state index is 12.7. The zero-order valence-electron chi connectivity index (χ0n) is 16.5. The summed E-state index contributed by atoms with van der Waals surface area (Å²) in [6, 6.07) is 14.0. The Labute approximate surface area is 174 Å². The molecular weight excluding hydrogens is 402 g/mol. The normalized spacial score (nSPS) is 13.1. The maximum Gasteiger partial charge on any atom is 0.326 e. The van der Waals surface area contributed by atoms with Crippen LogP contribution in [-0.4, -0.2) is 42.1 Å². The van der Waals surface area contributed by atoms with Gasteiger partial charge >= 0.3 is 5.69 Å². The molecule has 0 amide bonds. The zero-order chi connectivity index (χ0) is 21.1. The largest absolute Gasteiger partial charge is 0.326 e. The molecule has 0 aliphatic rings. The number of aromatic nitrogens is 3. The second kappa shape index (κ2) is 8.39. The van der Waals surface area contributed by atoms with Crippen LogP contribution in [0.25, 0.3) is 21.8 Å². The van der Waals surface area contributed by atoms with Crippen LogP contribution in [0.2, 0.25) is 0 Å². The Morgan fingerprint density at radius 3 is 2.83 bits per heavy atom. The molecule has 2 aromatic heterocycles. The number of nitrogens with one attached hydrogen (secondary N) is 3. The second-order valence-corrected chi connectivity index (χ2v) is 8.92. The van der Waals surface area contributed by atoms with E-state index in [2.05, 4.69) is 20.0 Å². The third-order valence-corrected chi connectivity index (χ3v) is 6.51. The van der Waals surface area contributed by atoms with E-state index >= 15 is 0 Å². The Kier molecular flexibility index (Phi) is 5.67. The molecule has 0 aliphatic carbocycles. The van der Waals surface area contributed by atoms with Crippen LogP contribution >= 0.6 is 0 Å². The molecule has 0 bridgehead atoms. The van der Waals surface area contributed by atoms with Gasteiger partial charge in [-0.1, -0.05) is 18.2 Å². The second-order valence-electron chi connectivity index (χ2n) is 7.21. The van der Waals surface area contributed by atoms with Crippen LogP contribution in [0.1, 0.15) is 6.92 Å². The van der Waals surface area contributed by atoms with Crippen LogP contribution in [0.5, 0.6) is 0 Å². The lowest BCUT2D eigenvalue weighted by Gasteiger charge is -2.15. The molecule has 0 unspecified atom stereocenters. The molecule has 9 heteroatoms. The molecule has 30 heavy (non-hydrogen) atoms. The standard InChI is InChI=1S/C21H23N5O3S/c1-15(13-23-10-11-26-20-5-3-2-4-19(20)24-21(26)27)25-30(28,29)18-7-6-17-14-22-9-8-16(17)12-18/h2-9,12,14-15,23,25H,10-11,13H2,1H3,(H,24,27)/t15-/m1/s1. The molecule has 4 aromatic rings. The number of imidazole rings is 1. The maximum absolute atomic E-state index is 12.7. The Morgan fingerprint density at radius 2 is 1.97 bits per heavy atom. The number of fused-ring (bicyclic) bond motifs is 2. The summed E-state index contributed by atoms with van der Waals surface area (Å²) in [5, 5.41) is 4.92. The SMILES string of the molecule is C[C@H](CNCCn1c(=O)[nH]c2ccccc21)NS(=O)(=O)c1ccc2cnccc2c1. The first-order valence-corrected chi connectivity index (χ1v) is 11.2. The average Bonchev–Trinajstić information content (AvgIpc) is 3.05. The van der Waals surface area contributed by atoms with E-state index in [9.17, 15) is 13.2 Å². The Bertz CT molecular complexity index is 1340. The highest BCUT2D eigenvalue weighted by Gasteiger charge is 2.17. The van der Waals surface area contributed by atoms with Gasteiger partial charge in [0, 0.05) is 43.5 Å². The number of rotatable bonds is 8. The summed E-state index contributed by atoms with van der Waals surface area (Å²) in [5.74, 6) is 0. The van der Waals surface area contributed by atoms with Gasteiger partial charge in [-0.05, 0) is 42.6 Å². The minimum atomic E-state index is -3.64. The number of hydrogen-bond donors (Lipinski definition) is 3. The van der Waals surface area contributed by atoms with Crippen molar-refractivity contribution in [3.05, 3.63) is 71.4 Å². The van der Waals surface area contributed by atoms with Crippen LogP contribution in [0.15, 0.2) is 70.6 Å². The van der Waals surface area contributed by atoms with Gasteiger partial charge in [-0.3, -0.25) is 9.55 Å². The number of benzene rings is 2. The Morgan fingerprint density at radius 1 is 1.13 bits per heavy atom. The van der Waals surface area contributed by atoms with Crippen molar-refractivity contribution >= 4 is 31.8 Å². The molecule has 1 atom stereocenters. The third-order valence-electron chi connectivity index (χ3n) is 4.92. The van der Waals surface area contributed by atoms with E-state index in [4.69, 9.17) is 0 Å². The molecule has 2 heterocycles. The first-order chi connectivity index (χ1) is 14.4. The van der Waals surface area contributed by atoms with Gasteiger partial charge in [-0.2, -0.15) is 0 Å². The molecule has 0 radical (unpaired) electrons. The number of nitrogens with zero attached hydrogens (tertiary/aromatic N) is 2. The molecule has 2 aromatic carbocycles. The topological polar surface area (TPSA) is 109 Å². The first kappa shape index (κ1) is 20.3. The van der Waals surface area contributed by atoms with E-state index in [0.717, 1.165) is 21.8 Å². The lowest BCUT2D eigenvalue weighted by atomic mass is 10.2. The fourth-order valence-corrected chi connectivity index (χ4v) is 4.72. The molecule has 8 nitrogen and oxygen atoms in total. The van der Waals surface area contributed by atoms with Crippen molar-refractivity contribution in [1.29, 1.82) is 0 Å². The predicted molar refractivity (Wildman–Crippen MR) is 117 cm³/mol.